The molecule has 0 unspecified atom stereocenters. The van der Waals surface area contributed by atoms with Crippen LogP contribution in [0.2, 0.25) is 0 Å². The number of nitrogens with zero attached hydrogens (tertiary/aromatic N) is 2. The molecule has 0 bridgehead atoms. The maximum Gasteiger partial charge on any atom is 0.0416 e. The molecule has 0 N–H and O–H groups in total. The molecule has 1 aromatic rings. The van der Waals surface area contributed by atoms with E-state index >= 15 is 0 Å². The Morgan fingerprint density at radius 2 is 2.25 bits per heavy atom. The van der Waals surface area contributed by atoms with Crippen molar-refractivity contribution in [1.29, 1.82) is 0 Å². The third-order valence-corrected chi connectivity index (χ3v) is 2.36. The fourth-order valence-electron chi connectivity index (χ4n) is 1.42. The zero-order chi connectivity index (χ0) is 8.23. The number of hydrogen-bond acceptors (Lipinski definition) is 2. The summed E-state index contributed by atoms with van der Waals surface area (Å²) in [7, 11) is 0. The van der Waals surface area contributed by atoms with Crippen LogP contribution in [-0.2, 0) is 6.42 Å². The van der Waals surface area contributed by atoms with Gasteiger partial charge in [0.15, 0.2) is 0 Å². The lowest BCUT2D eigenvalue weighted by Crippen LogP contribution is -2.38. The van der Waals surface area contributed by atoms with Gasteiger partial charge in [-0.15, -0.1) is 0 Å². The van der Waals surface area contributed by atoms with E-state index in [1.165, 1.54) is 31.7 Å². The van der Waals surface area contributed by atoms with Gasteiger partial charge in [0, 0.05) is 24.9 Å². The van der Waals surface area contributed by atoms with Crippen molar-refractivity contribution < 1.29 is 0 Å². The van der Waals surface area contributed by atoms with E-state index in [1.807, 2.05) is 12.3 Å². The topological polar surface area (TPSA) is 16.1 Å². The molecule has 1 aliphatic rings. The van der Waals surface area contributed by atoms with Crippen molar-refractivity contribution in [1.82, 2.24) is 9.88 Å². The minimum absolute atomic E-state index is 1.10. The summed E-state index contributed by atoms with van der Waals surface area (Å²) in [6.45, 7) is 3.75. The molecule has 2 nitrogen and oxygen atoms in total. The highest BCUT2D eigenvalue weighted by Gasteiger charge is 2.12. The van der Waals surface area contributed by atoms with Crippen LogP contribution >= 0.6 is 0 Å². The lowest BCUT2D eigenvalue weighted by atomic mass is 10.2. The van der Waals surface area contributed by atoms with E-state index in [4.69, 9.17) is 0 Å². The number of rotatable bonds is 3. The van der Waals surface area contributed by atoms with Gasteiger partial charge in [-0.05, 0) is 31.6 Å². The summed E-state index contributed by atoms with van der Waals surface area (Å²) in [6.07, 6.45) is 4.34. The Morgan fingerprint density at radius 1 is 1.33 bits per heavy atom. The van der Waals surface area contributed by atoms with E-state index in [1.54, 1.807) is 0 Å². The first-order valence-electron chi connectivity index (χ1n) is 4.57. The predicted octanol–water partition coefficient (Wildman–Crippen LogP) is 1.33. The minimum atomic E-state index is 1.10. The monoisotopic (exact) mass is 162 g/mol. The van der Waals surface area contributed by atoms with E-state index in [-0.39, 0.29) is 0 Å². The van der Waals surface area contributed by atoms with Gasteiger partial charge in [0.2, 0.25) is 0 Å². The highest BCUT2D eigenvalue weighted by molar-refractivity contribution is 5.03. The van der Waals surface area contributed by atoms with E-state index in [2.05, 4.69) is 22.0 Å². The fourth-order valence-corrected chi connectivity index (χ4v) is 1.42. The van der Waals surface area contributed by atoms with Crippen LogP contribution in [0.15, 0.2) is 24.4 Å². The number of hydrogen-bond donors (Lipinski definition) is 0. The maximum atomic E-state index is 4.28. The van der Waals surface area contributed by atoms with Crippen LogP contribution in [0.3, 0.4) is 0 Å². The van der Waals surface area contributed by atoms with Gasteiger partial charge in [-0.1, -0.05) is 6.07 Å². The smallest absolute Gasteiger partial charge is 0.0416 e. The Labute approximate surface area is 73.2 Å². The van der Waals surface area contributed by atoms with Gasteiger partial charge in [0.05, 0.1) is 0 Å². The third kappa shape index (κ3) is 1.83. The summed E-state index contributed by atoms with van der Waals surface area (Å²) < 4.78 is 0. The van der Waals surface area contributed by atoms with Gasteiger partial charge >= 0.3 is 0 Å². The fraction of sp³-hybridized carbons (Fsp3) is 0.500. The molecule has 1 aromatic heterocycles. The molecule has 0 radical (unpaired) electrons. The summed E-state index contributed by atoms with van der Waals surface area (Å²) in [5.41, 5.74) is 1.21. The molecule has 0 saturated carbocycles. The molecular formula is C10H14N2. The Bertz CT molecular complexity index is 229. The van der Waals surface area contributed by atoms with Crippen LogP contribution < -0.4 is 0 Å². The molecule has 2 heteroatoms. The van der Waals surface area contributed by atoms with Gasteiger partial charge < -0.3 is 4.90 Å². The van der Waals surface area contributed by atoms with Crippen molar-refractivity contribution in [2.24, 2.45) is 0 Å². The largest absolute Gasteiger partial charge is 0.303 e. The molecule has 0 aliphatic carbocycles. The van der Waals surface area contributed by atoms with Gasteiger partial charge in [-0.2, -0.15) is 0 Å². The van der Waals surface area contributed by atoms with Gasteiger partial charge in [0.1, 0.15) is 0 Å². The normalized spacial score (nSPS) is 17.3. The third-order valence-electron chi connectivity index (χ3n) is 2.36. The highest BCUT2D eigenvalue weighted by Crippen LogP contribution is 2.06. The molecule has 1 saturated heterocycles. The first-order chi connectivity index (χ1) is 5.95. The summed E-state index contributed by atoms with van der Waals surface area (Å²) in [6, 6.07) is 6.12. The van der Waals surface area contributed by atoms with E-state index in [9.17, 15) is 0 Å². The molecule has 0 spiro atoms. The second kappa shape index (κ2) is 3.68. The molecule has 2 heterocycles. The molecule has 0 atom stereocenters. The summed E-state index contributed by atoms with van der Waals surface area (Å²) in [5, 5.41) is 0. The average Bonchev–Trinajstić information content (AvgIpc) is 2.04. The van der Waals surface area contributed by atoms with Crippen LogP contribution in [-0.4, -0.2) is 29.5 Å². The second-order valence-corrected chi connectivity index (χ2v) is 3.27. The van der Waals surface area contributed by atoms with Crippen LogP contribution in [0.4, 0.5) is 0 Å². The van der Waals surface area contributed by atoms with Crippen molar-refractivity contribution >= 4 is 0 Å². The number of likely N-dealkylation sites (tertiary alicyclic amines) is 1. The lowest BCUT2D eigenvalue weighted by molar-refractivity contribution is 0.183. The molecule has 64 valence electrons. The first kappa shape index (κ1) is 7.74. The SMILES string of the molecule is c1ccc(CCN2CCC2)nc1. The lowest BCUT2D eigenvalue weighted by Gasteiger charge is -2.30. The van der Waals surface area contributed by atoms with Crippen LogP contribution in [0.25, 0.3) is 0 Å². The van der Waals surface area contributed by atoms with E-state index in [0.717, 1.165) is 6.42 Å². The highest BCUT2D eigenvalue weighted by atomic mass is 15.2. The molecule has 0 amide bonds. The van der Waals surface area contributed by atoms with Crippen molar-refractivity contribution in [2.45, 2.75) is 12.8 Å². The van der Waals surface area contributed by atoms with Crippen LogP contribution in [0.5, 0.6) is 0 Å². The standard InChI is InChI=1S/C10H14N2/c1-2-6-11-10(4-1)5-9-12-7-3-8-12/h1-2,4,6H,3,5,7-9H2. The Kier molecular flexibility index (Phi) is 2.37. The van der Waals surface area contributed by atoms with Gasteiger partial charge in [-0.3, -0.25) is 4.98 Å². The van der Waals surface area contributed by atoms with Gasteiger partial charge in [0.25, 0.3) is 0 Å². The predicted molar refractivity (Wildman–Crippen MR) is 49.0 cm³/mol. The molecule has 2 rings (SSSR count). The van der Waals surface area contributed by atoms with Crippen molar-refractivity contribution in [3.05, 3.63) is 30.1 Å². The summed E-state index contributed by atoms with van der Waals surface area (Å²) in [5.74, 6) is 0. The minimum Gasteiger partial charge on any atom is -0.303 e. The average molecular weight is 162 g/mol. The molecule has 12 heavy (non-hydrogen) atoms. The maximum absolute atomic E-state index is 4.28. The van der Waals surface area contributed by atoms with E-state index in [0.29, 0.717) is 0 Å². The Hall–Kier alpha value is -0.890. The summed E-state index contributed by atoms with van der Waals surface area (Å²) in [4.78, 5) is 6.75. The van der Waals surface area contributed by atoms with Gasteiger partial charge in [-0.25, -0.2) is 0 Å². The quantitative estimate of drug-likeness (QED) is 0.666. The second-order valence-electron chi connectivity index (χ2n) is 3.27. The summed E-state index contributed by atoms with van der Waals surface area (Å²) >= 11 is 0. The number of aromatic nitrogens is 1. The number of pyridine rings is 1. The van der Waals surface area contributed by atoms with Crippen LogP contribution in [0.1, 0.15) is 12.1 Å². The molecule has 1 fully saturated rings. The molecular weight excluding hydrogens is 148 g/mol. The van der Waals surface area contributed by atoms with Crippen LogP contribution in [0, 0.1) is 0 Å². The first-order valence-corrected chi connectivity index (χ1v) is 4.57. The molecule has 0 aromatic carbocycles. The Morgan fingerprint density at radius 3 is 2.83 bits per heavy atom. The van der Waals surface area contributed by atoms with Crippen molar-refractivity contribution in [3.63, 3.8) is 0 Å². The van der Waals surface area contributed by atoms with Crippen molar-refractivity contribution in [2.75, 3.05) is 19.6 Å². The Balaban J connectivity index is 1.79. The zero-order valence-electron chi connectivity index (χ0n) is 7.24. The zero-order valence-corrected chi connectivity index (χ0v) is 7.24. The molecule has 1 aliphatic heterocycles. The van der Waals surface area contributed by atoms with Crippen molar-refractivity contribution in [3.8, 4) is 0 Å². The van der Waals surface area contributed by atoms with E-state index < -0.39 is 0 Å².